The molecule has 0 bridgehead atoms. The van der Waals surface area contributed by atoms with Crippen LogP contribution < -0.4 is 4.74 Å². The predicted molar refractivity (Wildman–Crippen MR) is 132 cm³/mol. The fourth-order valence-electron chi connectivity index (χ4n) is 3.89. The third-order valence-electron chi connectivity index (χ3n) is 5.93. The summed E-state index contributed by atoms with van der Waals surface area (Å²) >= 11 is 0. The van der Waals surface area contributed by atoms with Crippen LogP contribution in [0, 0.1) is 13.8 Å². The molecule has 0 aliphatic rings. The molecular formula is C28H30N2O3. The van der Waals surface area contributed by atoms with E-state index in [4.69, 9.17) is 9.72 Å². The first-order chi connectivity index (χ1) is 16.1. The van der Waals surface area contributed by atoms with Gasteiger partial charge in [-0.25, -0.2) is 4.98 Å². The lowest BCUT2D eigenvalue weighted by Gasteiger charge is -2.12. The molecule has 3 aromatic carbocycles. The van der Waals surface area contributed by atoms with Gasteiger partial charge in [-0.3, -0.25) is 9.36 Å². The molecule has 0 aliphatic carbocycles. The highest BCUT2D eigenvalue weighted by atomic mass is 16.5. The standard InChI is InChI=1S/C28H30N2O3/c1-20-13-14-23(18-21(20)2)30-26-19-24(33-17-9-5-8-12-27(31)32-3)15-16-25(26)29-28(30)22-10-6-4-7-11-22/h4,6-7,10-11,13-16,18-19H,5,8-9,12,17H2,1-3H3. The Bertz CT molecular complexity index is 1240. The van der Waals surface area contributed by atoms with Crippen LogP contribution in [0.2, 0.25) is 0 Å². The molecule has 33 heavy (non-hydrogen) atoms. The van der Waals surface area contributed by atoms with Crippen LogP contribution >= 0.6 is 0 Å². The molecule has 0 aliphatic heterocycles. The Morgan fingerprint density at radius 2 is 1.73 bits per heavy atom. The quantitative estimate of drug-likeness (QED) is 0.222. The van der Waals surface area contributed by atoms with Gasteiger partial charge in [-0.05, 0) is 68.5 Å². The van der Waals surface area contributed by atoms with Crippen molar-refractivity contribution >= 4 is 17.0 Å². The Labute approximate surface area is 195 Å². The number of esters is 1. The lowest BCUT2D eigenvalue weighted by atomic mass is 10.1. The summed E-state index contributed by atoms with van der Waals surface area (Å²) in [5.74, 6) is 1.57. The van der Waals surface area contributed by atoms with E-state index in [0.717, 1.165) is 53.1 Å². The second-order valence-electron chi connectivity index (χ2n) is 8.29. The molecule has 5 heteroatoms. The van der Waals surface area contributed by atoms with Crippen LogP contribution in [0.1, 0.15) is 36.8 Å². The van der Waals surface area contributed by atoms with Crippen LogP contribution in [0.4, 0.5) is 0 Å². The van der Waals surface area contributed by atoms with Crippen molar-refractivity contribution in [3.63, 3.8) is 0 Å². The van der Waals surface area contributed by atoms with E-state index in [-0.39, 0.29) is 5.97 Å². The minimum Gasteiger partial charge on any atom is -0.494 e. The van der Waals surface area contributed by atoms with Gasteiger partial charge in [0.25, 0.3) is 0 Å². The van der Waals surface area contributed by atoms with E-state index < -0.39 is 0 Å². The predicted octanol–water partition coefficient (Wildman–Crippen LogP) is 6.42. The molecule has 0 atom stereocenters. The molecule has 0 N–H and O–H groups in total. The number of rotatable bonds is 9. The van der Waals surface area contributed by atoms with E-state index >= 15 is 0 Å². The van der Waals surface area contributed by atoms with Crippen LogP contribution in [-0.2, 0) is 9.53 Å². The number of ether oxygens (including phenoxy) is 2. The Kier molecular flexibility index (Phi) is 7.08. The molecule has 170 valence electrons. The summed E-state index contributed by atoms with van der Waals surface area (Å²) in [6.07, 6.45) is 3.09. The lowest BCUT2D eigenvalue weighted by molar-refractivity contribution is -0.140. The first-order valence-corrected chi connectivity index (χ1v) is 11.4. The van der Waals surface area contributed by atoms with Crippen LogP contribution in [0.15, 0.2) is 66.7 Å². The fourth-order valence-corrected chi connectivity index (χ4v) is 3.89. The maximum atomic E-state index is 11.2. The maximum Gasteiger partial charge on any atom is 0.305 e. The lowest BCUT2D eigenvalue weighted by Crippen LogP contribution is -2.01. The van der Waals surface area contributed by atoms with Gasteiger partial charge in [-0.2, -0.15) is 0 Å². The van der Waals surface area contributed by atoms with Crippen molar-refractivity contribution in [1.29, 1.82) is 0 Å². The molecule has 0 saturated heterocycles. The Hall–Kier alpha value is -3.60. The molecule has 4 aromatic rings. The topological polar surface area (TPSA) is 53.4 Å². The van der Waals surface area contributed by atoms with Crippen molar-refractivity contribution in [3.05, 3.63) is 77.9 Å². The Morgan fingerprint density at radius 1 is 0.909 bits per heavy atom. The highest BCUT2D eigenvalue weighted by Gasteiger charge is 2.15. The van der Waals surface area contributed by atoms with E-state index in [1.807, 2.05) is 30.3 Å². The van der Waals surface area contributed by atoms with Crippen molar-refractivity contribution in [3.8, 4) is 22.8 Å². The minimum atomic E-state index is -0.157. The summed E-state index contributed by atoms with van der Waals surface area (Å²) in [6.45, 7) is 4.87. The average Bonchev–Trinajstić information content (AvgIpc) is 3.22. The van der Waals surface area contributed by atoms with E-state index in [1.165, 1.54) is 18.2 Å². The molecule has 5 nitrogen and oxygen atoms in total. The minimum absolute atomic E-state index is 0.157. The number of imidazole rings is 1. The molecule has 1 heterocycles. The molecule has 1 aromatic heterocycles. The highest BCUT2D eigenvalue weighted by Crippen LogP contribution is 2.31. The van der Waals surface area contributed by atoms with Crippen molar-refractivity contribution in [2.75, 3.05) is 13.7 Å². The van der Waals surface area contributed by atoms with Crippen molar-refractivity contribution in [1.82, 2.24) is 9.55 Å². The monoisotopic (exact) mass is 442 g/mol. The molecule has 0 radical (unpaired) electrons. The van der Waals surface area contributed by atoms with Gasteiger partial charge >= 0.3 is 5.97 Å². The van der Waals surface area contributed by atoms with Gasteiger partial charge in [-0.1, -0.05) is 36.4 Å². The Morgan fingerprint density at radius 3 is 2.48 bits per heavy atom. The first kappa shape index (κ1) is 22.6. The number of hydrogen-bond acceptors (Lipinski definition) is 4. The third kappa shape index (κ3) is 5.25. The van der Waals surface area contributed by atoms with Gasteiger partial charge in [0.05, 0.1) is 24.8 Å². The second-order valence-corrected chi connectivity index (χ2v) is 8.29. The van der Waals surface area contributed by atoms with Crippen LogP contribution in [0.3, 0.4) is 0 Å². The maximum absolute atomic E-state index is 11.2. The van der Waals surface area contributed by atoms with Crippen LogP contribution in [0.25, 0.3) is 28.1 Å². The molecule has 0 fully saturated rings. The number of aryl methyl sites for hydroxylation is 2. The summed E-state index contributed by atoms with van der Waals surface area (Å²) in [4.78, 5) is 16.2. The van der Waals surface area contributed by atoms with Gasteiger partial charge in [-0.15, -0.1) is 0 Å². The van der Waals surface area contributed by atoms with Crippen molar-refractivity contribution < 1.29 is 14.3 Å². The second kappa shape index (κ2) is 10.3. The zero-order valence-electron chi connectivity index (χ0n) is 19.5. The molecular weight excluding hydrogens is 412 g/mol. The number of nitrogens with zero attached hydrogens (tertiary/aromatic N) is 2. The van der Waals surface area contributed by atoms with Crippen molar-refractivity contribution in [2.45, 2.75) is 39.5 Å². The number of carbonyl (C=O) groups excluding carboxylic acids is 1. The molecule has 0 saturated carbocycles. The first-order valence-electron chi connectivity index (χ1n) is 11.4. The van der Waals surface area contributed by atoms with E-state index in [2.05, 4.69) is 59.5 Å². The summed E-state index contributed by atoms with van der Waals surface area (Å²) in [7, 11) is 1.42. The SMILES string of the molecule is COC(=O)CCCCCOc1ccc2nc(-c3ccccc3)n(-c3ccc(C)c(C)c3)c2c1. The number of methoxy groups -OCH3 is 1. The van der Waals surface area contributed by atoms with Crippen molar-refractivity contribution in [2.24, 2.45) is 0 Å². The van der Waals surface area contributed by atoms with E-state index in [1.54, 1.807) is 0 Å². The third-order valence-corrected chi connectivity index (χ3v) is 5.93. The van der Waals surface area contributed by atoms with Gasteiger partial charge in [0.1, 0.15) is 11.6 Å². The summed E-state index contributed by atoms with van der Waals surface area (Å²) < 4.78 is 12.9. The number of aromatic nitrogens is 2. The molecule has 4 rings (SSSR count). The van der Waals surface area contributed by atoms with Gasteiger partial charge < -0.3 is 9.47 Å². The van der Waals surface area contributed by atoms with Gasteiger partial charge in [0.15, 0.2) is 0 Å². The number of hydrogen-bond donors (Lipinski definition) is 0. The Balaban J connectivity index is 1.61. The summed E-state index contributed by atoms with van der Waals surface area (Å²) in [5, 5.41) is 0. The normalized spacial score (nSPS) is 11.0. The molecule has 0 spiro atoms. The fraction of sp³-hybridized carbons (Fsp3) is 0.286. The number of benzene rings is 3. The van der Waals surface area contributed by atoms with Crippen LogP contribution in [0.5, 0.6) is 5.75 Å². The number of unbranched alkanes of at least 4 members (excludes halogenated alkanes) is 2. The van der Waals surface area contributed by atoms with E-state index in [0.29, 0.717) is 13.0 Å². The number of fused-ring (bicyclic) bond motifs is 1. The van der Waals surface area contributed by atoms with E-state index in [9.17, 15) is 4.79 Å². The zero-order chi connectivity index (χ0) is 23.2. The molecule has 0 amide bonds. The molecule has 0 unspecified atom stereocenters. The number of carbonyl (C=O) groups is 1. The summed E-state index contributed by atoms with van der Waals surface area (Å²) in [5.41, 5.74) is 6.60. The highest BCUT2D eigenvalue weighted by molar-refractivity contribution is 5.84. The van der Waals surface area contributed by atoms with Gasteiger partial charge in [0.2, 0.25) is 0 Å². The summed E-state index contributed by atoms with van der Waals surface area (Å²) in [6, 6.07) is 22.8. The van der Waals surface area contributed by atoms with Crippen LogP contribution in [-0.4, -0.2) is 29.2 Å². The zero-order valence-corrected chi connectivity index (χ0v) is 19.5. The van der Waals surface area contributed by atoms with Gasteiger partial charge in [0, 0.05) is 23.7 Å². The smallest absolute Gasteiger partial charge is 0.305 e. The largest absolute Gasteiger partial charge is 0.494 e. The average molecular weight is 443 g/mol.